The molecule has 3 rings (SSSR count). The summed E-state index contributed by atoms with van der Waals surface area (Å²) in [6.07, 6.45) is 8.94. The van der Waals surface area contributed by atoms with Crippen molar-refractivity contribution in [2.75, 3.05) is 6.54 Å². The number of aryl methyl sites for hydroxylation is 2. The Hall–Kier alpha value is -1.91. The lowest BCUT2D eigenvalue weighted by Gasteiger charge is -2.15. The number of rotatable bonds is 3. The topological polar surface area (TPSA) is 59.3 Å². The third kappa shape index (κ3) is 2.09. The van der Waals surface area contributed by atoms with E-state index in [-0.39, 0.29) is 5.91 Å². The van der Waals surface area contributed by atoms with Crippen LogP contribution in [-0.4, -0.2) is 27.0 Å². The maximum atomic E-state index is 12.0. The summed E-state index contributed by atoms with van der Waals surface area (Å²) in [5.41, 5.74) is 3.73. The number of nitrogens with zero attached hydrogens (tertiary/aromatic N) is 3. The molecule has 1 amide bonds. The van der Waals surface area contributed by atoms with E-state index in [1.165, 1.54) is 24.1 Å². The summed E-state index contributed by atoms with van der Waals surface area (Å²) in [5.74, 6) is -0.0832. The van der Waals surface area contributed by atoms with Gasteiger partial charge in [-0.3, -0.25) is 4.79 Å². The van der Waals surface area contributed by atoms with Gasteiger partial charge in [-0.15, -0.1) is 0 Å². The highest BCUT2D eigenvalue weighted by Gasteiger charge is 2.19. The molecule has 0 saturated heterocycles. The van der Waals surface area contributed by atoms with Gasteiger partial charge in [0.25, 0.3) is 5.91 Å². The minimum atomic E-state index is -0.0832. The van der Waals surface area contributed by atoms with Crippen LogP contribution in [0.2, 0.25) is 0 Å². The summed E-state index contributed by atoms with van der Waals surface area (Å²) < 4.78 is 1.84. The van der Waals surface area contributed by atoms with Crippen molar-refractivity contribution in [1.82, 2.24) is 19.9 Å². The SMILES string of the molecule is CCCNC(=O)c1cnn2c3c(cnc12)CCCC3. The quantitative estimate of drug-likeness (QED) is 0.912. The Kier molecular flexibility index (Phi) is 3.19. The summed E-state index contributed by atoms with van der Waals surface area (Å²) >= 11 is 0. The van der Waals surface area contributed by atoms with Gasteiger partial charge in [-0.2, -0.15) is 5.10 Å². The fraction of sp³-hybridized carbons (Fsp3) is 0.500. The smallest absolute Gasteiger partial charge is 0.256 e. The van der Waals surface area contributed by atoms with Crippen LogP contribution in [0, 0.1) is 0 Å². The van der Waals surface area contributed by atoms with Crippen molar-refractivity contribution in [2.45, 2.75) is 39.0 Å². The Morgan fingerprint density at radius 2 is 2.21 bits per heavy atom. The molecule has 0 spiro atoms. The zero-order chi connectivity index (χ0) is 13.2. The molecule has 2 aromatic rings. The average Bonchev–Trinajstić information content (AvgIpc) is 2.89. The fourth-order valence-corrected chi connectivity index (χ4v) is 2.59. The minimum Gasteiger partial charge on any atom is -0.352 e. The maximum absolute atomic E-state index is 12.0. The van der Waals surface area contributed by atoms with Crippen LogP contribution in [0.3, 0.4) is 0 Å². The van der Waals surface area contributed by atoms with Crippen molar-refractivity contribution in [3.05, 3.63) is 29.2 Å². The Morgan fingerprint density at radius 3 is 3.05 bits per heavy atom. The Balaban J connectivity index is 2.02. The summed E-state index contributed by atoms with van der Waals surface area (Å²) in [6, 6.07) is 0. The van der Waals surface area contributed by atoms with Crippen molar-refractivity contribution >= 4 is 11.6 Å². The van der Waals surface area contributed by atoms with Crippen molar-refractivity contribution in [3.63, 3.8) is 0 Å². The third-order valence-corrected chi connectivity index (χ3v) is 3.60. The molecule has 0 bridgehead atoms. The first-order valence-corrected chi connectivity index (χ1v) is 6.94. The van der Waals surface area contributed by atoms with Crippen LogP contribution < -0.4 is 5.32 Å². The molecule has 0 aromatic carbocycles. The van der Waals surface area contributed by atoms with Crippen molar-refractivity contribution in [1.29, 1.82) is 0 Å². The molecule has 1 N–H and O–H groups in total. The van der Waals surface area contributed by atoms with Crippen LogP contribution in [0.5, 0.6) is 0 Å². The Bertz CT molecular complexity index is 617. The van der Waals surface area contributed by atoms with Crippen LogP contribution in [0.25, 0.3) is 5.65 Å². The van der Waals surface area contributed by atoms with Gasteiger partial charge < -0.3 is 5.32 Å². The highest BCUT2D eigenvalue weighted by Crippen LogP contribution is 2.22. The number of hydrogen-bond acceptors (Lipinski definition) is 3. The van der Waals surface area contributed by atoms with Crippen LogP contribution in [0.4, 0.5) is 0 Å². The number of carbonyl (C=O) groups is 1. The number of hydrogen-bond donors (Lipinski definition) is 1. The molecule has 1 aliphatic rings. The Labute approximate surface area is 112 Å². The van der Waals surface area contributed by atoms with Gasteiger partial charge >= 0.3 is 0 Å². The molecule has 0 unspecified atom stereocenters. The molecule has 2 heterocycles. The monoisotopic (exact) mass is 258 g/mol. The van der Waals surface area contributed by atoms with E-state index in [0.717, 1.165) is 19.3 Å². The van der Waals surface area contributed by atoms with E-state index in [1.807, 2.05) is 17.6 Å². The molecular formula is C14H18N4O. The number of fused-ring (bicyclic) bond motifs is 3. The first-order valence-electron chi connectivity index (χ1n) is 6.94. The summed E-state index contributed by atoms with van der Waals surface area (Å²) in [4.78, 5) is 16.5. The maximum Gasteiger partial charge on any atom is 0.256 e. The highest BCUT2D eigenvalue weighted by molar-refractivity contribution is 5.99. The van der Waals surface area contributed by atoms with Gasteiger partial charge in [-0.25, -0.2) is 9.50 Å². The average molecular weight is 258 g/mol. The molecule has 5 nitrogen and oxygen atoms in total. The van der Waals surface area contributed by atoms with Crippen LogP contribution in [0.15, 0.2) is 12.4 Å². The molecular weight excluding hydrogens is 240 g/mol. The normalized spacial score (nSPS) is 14.4. The molecule has 100 valence electrons. The van der Waals surface area contributed by atoms with Gasteiger partial charge in [0.1, 0.15) is 5.56 Å². The second-order valence-corrected chi connectivity index (χ2v) is 4.99. The van der Waals surface area contributed by atoms with Gasteiger partial charge in [0, 0.05) is 18.4 Å². The second kappa shape index (κ2) is 4.99. The van der Waals surface area contributed by atoms with Gasteiger partial charge in [0.2, 0.25) is 0 Å². The van der Waals surface area contributed by atoms with Crippen LogP contribution in [-0.2, 0) is 12.8 Å². The molecule has 2 aromatic heterocycles. The molecule has 1 aliphatic carbocycles. The fourth-order valence-electron chi connectivity index (χ4n) is 2.59. The van der Waals surface area contributed by atoms with Crippen LogP contribution >= 0.6 is 0 Å². The zero-order valence-corrected chi connectivity index (χ0v) is 11.1. The second-order valence-electron chi connectivity index (χ2n) is 4.99. The predicted molar refractivity (Wildman–Crippen MR) is 72.3 cm³/mol. The molecule has 19 heavy (non-hydrogen) atoms. The molecule has 0 fully saturated rings. The molecule has 5 heteroatoms. The van der Waals surface area contributed by atoms with Gasteiger partial charge in [0.05, 0.1) is 6.20 Å². The molecule has 0 radical (unpaired) electrons. The number of carbonyl (C=O) groups excluding carboxylic acids is 1. The molecule has 0 saturated carbocycles. The highest BCUT2D eigenvalue weighted by atomic mass is 16.1. The van der Waals surface area contributed by atoms with Crippen molar-refractivity contribution in [2.24, 2.45) is 0 Å². The lowest BCUT2D eigenvalue weighted by Crippen LogP contribution is -2.24. The standard InChI is InChI=1S/C14H18N4O/c1-2-7-15-14(19)11-9-17-18-12-6-4-3-5-10(12)8-16-13(11)18/h8-9H,2-7H2,1H3,(H,15,19). The van der Waals surface area contributed by atoms with E-state index >= 15 is 0 Å². The third-order valence-electron chi connectivity index (χ3n) is 3.60. The van der Waals surface area contributed by atoms with Crippen LogP contribution in [0.1, 0.15) is 47.8 Å². The van der Waals surface area contributed by atoms with E-state index in [0.29, 0.717) is 17.8 Å². The predicted octanol–water partition coefficient (Wildman–Crippen LogP) is 1.75. The lowest BCUT2D eigenvalue weighted by atomic mass is 9.97. The summed E-state index contributed by atoms with van der Waals surface area (Å²) in [7, 11) is 0. The van der Waals surface area contributed by atoms with Gasteiger partial charge in [-0.05, 0) is 37.7 Å². The van der Waals surface area contributed by atoms with Crippen molar-refractivity contribution in [3.8, 4) is 0 Å². The van der Waals surface area contributed by atoms with E-state index in [9.17, 15) is 4.79 Å². The first-order chi connectivity index (χ1) is 9.31. The van der Waals surface area contributed by atoms with E-state index in [1.54, 1.807) is 6.20 Å². The van der Waals surface area contributed by atoms with Gasteiger partial charge in [0.15, 0.2) is 5.65 Å². The molecule has 0 aliphatic heterocycles. The van der Waals surface area contributed by atoms with Crippen molar-refractivity contribution < 1.29 is 4.79 Å². The van der Waals surface area contributed by atoms with Gasteiger partial charge in [-0.1, -0.05) is 6.92 Å². The minimum absolute atomic E-state index is 0.0832. The molecule has 0 atom stereocenters. The van der Waals surface area contributed by atoms with E-state index < -0.39 is 0 Å². The van der Waals surface area contributed by atoms with E-state index in [4.69, 9.17) is 0 Å². The lowest BCUT2D eigenvalue weighted by molar-refractivity contribution is 0.0955. The largest absolute Gasteiger partial charge is 0.352 e. The summed E-state index contributed by atoms with van der Waals surface area (Å²) in [6.45, 7) is 2.71. The first kappa shape index (κ1) is 12.1. The van der Waals surface area contributed by atoms with E-state index in [2.05, 4.69) is 15.4 Å². The zero-order valence-electron chi connectivity index (χ0n) is 11.1. The number of aromatic nitrogens is 3. The Morgan fingerprint density at radius 1 is 1.37 bits per heavy atom. The number of amides is 1. The number of nitrogens with one attached hydrogen (secondary N) is 1. The summed E-state index contributed by atoms with van der Waals surface area (Å²) in [5, 5.41) is 7.23.